The maximum atomic E-state index is 13.7. The molecule has 1 aromatic carbocycles. The number of carbonyl (C=O) groups is 2. The Balaban J connectivity index is 1.45. The molecule has 2 aliphatic rings. The van der Waals surface area contributed by atoms with Gasteiger partial charge in [0.25, 0.3) is 0 Å². The summed E-state index contributed by atoms with van der Waals surface area (Å²) in [4.78, 5) is 30.8. The summed E-state index contributed by atoms with van der Waals surface area (Å²) in [5.41, 5.74) is 0.208. The Morgan fingerprint density at radius 1 is 1.08 bits per heavy atom. The van der Waals surface area contributed by atoms with Crippen LogP contribution in [0.3, 0.4) is 0 Å². The quantitative estimate of drug-likeness (QED) is 0.860. The molecule has 3 rings (SSSR count). The summed E-state index contributed by atoms with van der Waals surface area (Å²) in [7, 11) is 0. The minimum absolute atomic E-state index is 0.208. The van der Waals surface area contributed by atoms with Crippen molar-refractivity contribution in [2.45, 2.75) is 25.8 Å². The van der Waals surface area contributed by atoms with E-state index >= 15 is 0 Å². The molecule has 1 aromatic rings. The lowest BCUT2D eigenvalue weighted by atomic mass is 10.2. The van der Waals surface area contributed by atoms with Gasteiger partial charge in [-0.2, -0.15) is 0 Å². The van der Waals surface area contributed by atoms with Crippen LogP contribution in [0.15, 0.2) is 24.3 Å². The second-order valence-electron chi connectivity index (χ2n) is 7.05. The average Bonchev–Trinajstić information content (AvgIpc) is 3.18. The van der Waals surface area contributed by atoms with Crippen LogP contribution >= 0.6 is 0 Å². The number of rotatable bonds is 5. The summed E-state index contributed by atoms with van der Waals surface area (Å²) in [5, 5.41) is 2.66. The van der Waals surface area contributed by atoms with Crippen molar-refractivity contribution in [3.8, 4) is 0 Å². The van der Waals surface area contributed by atoms with Gasteiger partial charge < -0.3 is 10.2 Å². The summed E-state index contributed by atoms with van der Waals surface area (Å²) >= 11 is 0. The van der Waals surface area contributed by atoms with Crippen molar-refractivity contribution >= 4 is 17.5 Å². The van der Waals surface area contributed by atoms with Crippen LogP contribution in [0.4, 0.5) is 10.1 Å². The van der Waals surface area contributed by atoms with Crippen LogP contribution in [0.2, 0.25) is 0 Å². The SMILES string of the molecule is C[C@@H](C(=O)Nc1ccccc1F)N1CCN(CC(=O)N2CCCC2)CC1. The zero-order valence-electron chi connectivity index (χ0n) is 15.3. The highest BCUT2D eigenvalue weighted by Crippen LogP contribution is 2.15. The summed E-state index contributed by atoms with van der Waals surface area (Å²) < 4.78 is 13.7. The number of hydrogen-bond donors (Lipinski definition) is 1. The number of likely N-dealkylation sites (tertiary alicyclic amines) is 1. The molecule has 2 amide bonds. The number of anilines is 1. The third-order valence-corrected chi connectivity index (χ3v) is 5.28. The van der Waals surface area contributed by atoms with Gasteiger partial charge in [0.05, 0.1) is 18.3 Å². The summed E-state index contributed by atoms with van der Waals surface area (Å²) in [6.45, 7) is 7.02. The van der Waals surface area contributed by atoms with Gasteiger partial charge in [-0.1, -0.05) is 12.1 Å². The number of piperazine rings is 1. The zero-order valence-corrected chi connectivity index (χ0v) is 15.3. The van der Waals surface area contributed by atoms with E-state index in [9.17, 15) is 14.0 Å². The fourth-order valence-electron chi connectivity index (χ4n) is 3.53. The predicted molar refractivity (Wildman–Crippen MR) is 98.3 cm³/mol. The Kier molecular flexibility index (Phi) is 6.21. The molecule has 0 aliphatic carbocycles. The molecule has 2 heterocycles. The first-order valence-electron chi connectivity index (χ1n) is 9.34. The number of para-hydroxylation sites is 1. The van der Waals surface area contributed by atoms with E-state index in [-0.39, 0.29) is 23.5 Å². The highest BCUT2D eigenvalue weighted by atomic mass is 19.1. The highest BCUT2D eigenvalue weighted by Gasteiger charge is 2.28. The molecule has 1 atom stereocenters. The van der Waals surface area contributed by atoms with Crippen molar-refractivity contribution < 1.29 is 14.0 Å². The second kappa shape index (κ2) is 8.60. The van der Waals surface area contributed by atoms with Crippen molar-refractivity contribution in [3.05, 3.63) is 30.1 Å². The molecule has 6 nitrogen and oxygen atoms in total. The second-order valence-corrected chi connectivity index (χ2v) is 7.05. The maximum Gasteiger partial charge on any atom is 0.241 e. The normalized spacial score (nSPS) is 20.2. The number of hydrogen-bond acceptors (Lipinski definition) is 4. The Morgan fingerprint density at radius 2 is 1.73 bits per heavy atom. The molecule has 7 heteroatoms. The number of carbonyl (C=O) groups excluding carboxylic acids is 2. The largest absolute Gasteiger partial charge is 0.342 e. The van der Waals surface area contributed by atoms with Gasteiger partial charge in [0.1, 0.15) is 5.82 Å². The van der Waals surface area contributed by atoms with Crippen LogP contribution in [0, 0.1) is 5.82 Å². The minimum atomic E-state index is -0.432. The lowest BCUT2D eigenvalue weighted by Gasteiger charge is -2.37. The minimum Gasteiger partial charge on any atom is -0.342 e. The van der Waals surface area contributed by atoms with Gasteiger partial charge in [-0.3, -0.25) is 19.4 Å². The lowest BCUT2D eigenvalue weighted by molar-refractivity contribution is -0.132. The summed E-state index contributed by atoms with van der Waals surface area (Å²) in [6.07, 6.45) is 2.21. The van der Waals surface area contributed by atoms with Crippen LogP contribution in [-0.4, -0.2) is 78.4 Å². The zero-order chi connectivity index (χ0) is 18.5. The third-order valence-electron chi connectivity index (χ3n) is 5.28. The standard InChI is InChI=1S/C19H27FN4O2/c1-15(19(26)21-17-7-3-2-6-16(17)20)23-12-10-22(11-13-23)14-18(25)24-8-4-5-9-24/h2-3,6-7,15H,4-5,8-14H2,1H3,(H,21,26)/t15-/m0/s1. The molecule has 2 fully saturated rings. The summed E-state index contributed by atoms with van der Waals surface area (Å²) in [5.74, 6) is -0.434. The van der Waals surface area contributed by atoms with Crippen LogP contribution in [0.25, 0.3) is 0 Å². The molecule has 0 unspecified atom stereocenters. The van der Waals surface area contributed by atoms with Crippen molar-refractivity contribution in [2.24, 2.45) is 0 Å². The Bertz CT molecular complexity index is 640. The number of benzene rings is 1. The van der Waals surface area contributed by atoms with Crippen LogP contribution in [0.1, 0.15) is 19.8 Å². The van der Waals surface area contributed by atoms with Crippen molar-refractivity contribution in [1.29, 1.82) is 0 Å². The maximum absolute atomic E-state index is 13.7. The van der Waals surface area contributed by atoms with Gasteiger partial charge >= 0.3 is 0 Å². The molecule has 2 saturated heterocycles. The first-order valence-corrected chi connectivity index (χ1v) is 9.34. The van der Waals surface area contributed by atoms with Crippen molar-refractivity contribution in [1.82, 2.24) is 14.7 Å². The lowest BCUT2D eigenvalue weighted by Crippen LogP contribution is -2.54. The molecule has 142 valence electrons. The first-order chi connectivity index (χ1) is 12.5. The third kappa shape index (κ3) is 4.59. The number of nitrogens with zero attached hydrogens (tertiary/aromatic N) is 3. The van der Waals surface area contributed by atoms with Gasteiger partial charge in [-0.05, 0) is 31.9 Å². The van der Waals surface area contributed by atoms with Crippen LogP contribution in [0.5, 0.6) is 0 Å². The van der Waals surface area contributed by atoms with Gasteiger partial charge in [0, 0.05) is 39.3 Å². The van der Waals surface area contributed by atoms with Gasteiger partial charge in [0.2, 0.25) is 11.8 Å². The van der Waals surface area contributed by atoms with E-state index in [1.54, 1.807) is 18.2 Å². The van der Waals surface area contributed by atoms with E-state index in [0.717, 1.165) is 52.1 Å². The number of amides is 2. The van der Waals surface area contributed by atoms with Crippen LogP contribution in [-0.2, 0) is 9.59 Å². The van der Waals surface area contributed by atoms with Crippen molar-refractivity contribution in [2.75, 3.05) is 51.1 Å². The van der Waals surface area contributed by atoms with Gasteiger partial charge in [0.15, 0.2) is 0 Å². The van der Waals surface area contributed by atoms with Crippen LogP contribution < -0.4 is 5.32 Å². The van der Waals surface area contributed by atoms with E-state index < -0.39 is 5.82 Å². The number of halogens is 1. The van der Waals surface area contributed by atoms with E-state index in [0.29, 0.717) is 6.54 Å². The smallest absolute Gasteiger partial charge is 0.241 e. The van der Waals surface area contributed by atoms with E-state index in [2.05, 4.69) is 15.1 Å². The molecule has 26 heavy (non-hydrogen) atoms. The fraction of sp³-hybridized carbons (Fsp3) is 0.579. The van der Waals surface area contributed by atoms with E-state index in [1.165, 1.54) is 6.07 Å². The Hall–Kier alpha value is -1.99. The molecule has 0 bridgehead atoms. The summed E-state index contributed by atoms with van der Waals surface area (Å²) in [6, 6.07) is 5.83. The van der Waals surface area contributed by atoms with E-state index in [4.69, 9.17) is 0 Å². The molecule has 0 aromatic heterocycles. The topological polar surface area (TPSA) is 55.9 Å². The highest BCUT2D eigenvalue weighted by molar-refractivity contribution is 5.94. The average molecular weight is 362 g/mol. The van der Waals surface area contributed by atoms with Gasteiger partial charge in [-0.25, -0.2) is 4.39 Å². The molecular formula is C19H27FN4O2. The molecule has 0 saturated carbocycles. The van der Waals surface area contributed by atoms with Crippen molar-refractivity contribution in [3.63, 3.8) is 0 Å². The molecule has 0 spiro atoms. The molecular weight excluding hydrogens is 335 g/mol. The predicted octanol–water partition coefficient (Wildman–Crippen LogP) is 1.39. The molecule has 2 aliphatic heterocycles. The fourth-order valence-corrected chi connectivity index (χ4v) is 3.53. The first kappa shape index (κ1) is 18.8. The monoisotopic (exact) mass is 362 g/mol. The number of nitrogens with one attached hydrogen (secondary N) is 1. The molecule has 0 radical (unpaired) electrons. The Morgan fingerprint density at radius 3 is 2.38 bits per heavy atom. The Labute approximate surface area is 153 Å². The van der Waals surface area contributed by atoms with E-state index in [1.807, 2.05) is 11.8 Å². The molecule has 1 N–H and O–H groups in total. The van der Waals surface area contributed by atoms with Gasteiger partial charge in [-0.15, -0.1) is 0 Å².